The molecule has 270 valence electrons. The fraction of sp³-hybridized carbons (Fsp3) is 0. The third kappa shape index (κ3) is 4.93. The molecule has 0 bridgehead atoms. The zero-order chi connectivity index (χ0) is 38.2. The number of para-hydroxylation sites is 1. The first kappa shape index (κ1) is 32.4. The van der Waals surface area contributed by atoms with Crippen molar-refractivity contribution in [1.29, 1.82) is 0 Å². The summed E-state index contributed by atoms with van der Waals surface area (Å²) in [6, 6.07) is 64.1. The van der Waals surface area contributed by atoms with E-state index in [4.69, 9.17) is 14.4 Å². The summed E-state index contributed by atoms with van der Waals surface area (Å²) < 4.78 is 9.23. The van der Waals surface area contributed by atoms with Crippen LogP contribution in [-0.2, 0) is 0 Å². The van der Waals surface area contributed by atoms with E-state index in [0.29, 0.717) is 5.82 Å². The molecule has 58 heavy (non-hydrogen) atoms. The molecule has 0 fully saturated rings. The second kappa shape index (κ2) is 12.8. The van der Waals surface area contributed by atoms with Crippen LogP contribution in [0.25, 0.3) is 116 Å². The Labute approximate surface area is 333 Å². The van der Waals surface area contributed by atoms with Gasteiger partial charge >= 0.3 is 0 Å². The maximum absolute atomic E-state index is 6.87. The first-order valence-electron chi connectivity index (χ1n) is 19.5. The maximum Gasteiger partial charge on any atom is 0.161 e. The van der Waals surface area contributed by atoms with Crippen molar-refractivity contribution < 1.29 is 4.42 Å². The van der Waals surface area contributed by atoms with Crippen LogP contribution >= 0.6 is 0 Å². The van der Waals surface area contributed by atoms with Crippen LogP contribution in [0.2, 0.25) is 0 Å². The highest BCUT2D eigenvalue weighted by molar-refractivity contribution is 6.23. The highest BCUT2D eigenvalue weighted by atomic mass is 16.3. The number of furan rings is 1. The molecule has 12 rings (SSSR count). The second-order valence-electron chi connectivity index (χ2n) is 14.7. The van der Waals surface area contributed by atoms with Crippen molar-refractivity contribution in [2.24, 2.45) is 0 Å². The predicted molar refractivity (Wildman–Crippen MR) is 238 cm³/mol. The highest BCUT2D eigenvalue weighted by Crippen LogP contribution is 2.45. The molecule has 0 radical (unpaired) electrons. The lowest BCUT2D eigenvalue weighted by Crippen LogP contribution is -1.97. The van der Waals surface area contributed by atoms with E-state index in [1.807, 2.05) is 48.8 Å². The summed E-state index contributed by atoms with van der Waals surface area (Å²) in [5.74, 6) is 0.683. The zero-order valence-corrected chi connectivity index (χ0v) is 31.2. The Balaban J connectivity index is 1.11. The fourth-order valence-corrected chi connectivity index (χ4v) is 8.93. The highest BCUT2D eigenvalue weighted by Gasteiger charge is 2.23. The third-order valence-corrected chi connectivity index (χ3v) is 11.5. The molecule has 0 amide bonds. The normalized spacial score (nSPS) is 11.8. The van der Waals surface area contributed by atoms with E-state index < -0.39 is 0 Å². The quantitative estimate of drug-likeness (QED) is 0.176. The minimum atomic E-state index is 0.683. The summed E-state index contributed by atoms with van der Waals surface area (Å²) in [6.45, 7) is 0. The van der Waals surface area contributed by atoms with Gasteiger partial charge in [-0.15, -0.1) is 0 Å². The average Bonchev–Trinajstić information content (AvgIpc) is 3.86. The number of pyridine rings is 1. The van der Waals surface area contributed by atoms with Gasteiger partial charge in [0.25, 0.3) is 0 Å². The van der Waals surface area contributed by atoms with Crippen molar-refractivity contribution in [2.75, 3.05) is 0 Å². The number of benzene rings is 8. The van der Waals surface area contributed by atoms with E-state index in [2.05, 4.69) is 155 Å². The van der Waals surface area contributed by atoms with Crippen molar-refractivity contribution in [3.05, 3.63) is 194 Å². The van der Waals surface area contributed by atoms with Crippen LogP contribution < -0.4 is 0 Å². The molecule has 4 aromatic heterocycles. The number of rotatable bonds is 5. The summed E-state index contributed by atoms with van der Waals surface area (Å²) in [5, 5.41) is 9.15. The first-order chi connectivity index (χ1) is 28.8. The summed E-state index contributed by atoms with van der Waals surface area (Å²) >= 11 is 0. The molecule has 0 atom stereocenters. The SMILES string of the molecule is c1ccc(-c2cc(-c3ccccc3)nc(-c3ccc(-c4ccc(-n5c6ccccc6c6c7ccccc7ccc65)c5oc6cnccc6c45)c4ccccc34)n2)cc1. The smallest absolute Gasteiger partial charge is 0.161 e. The average molecular weight is 741 g/mol. The third-order valence-electron chi connectivity index (χ3n) is 11.5. The van der Waals surface area contributed by atoms with Gasteiger partial charge < -0.3 is 8.98 Å². The van der Waals surface area contributed by atoms with Crippen LogP contribution in [0.5, 0.6) is 0 Å². The Hall–Kier alpha value is -7.89. The van der Waals surface area contributed by atoms with E-state index in [1.54, 1.807) is 0 Å². The minimum absolute atomic E-state index is 0.683. The predicted octanol–water partition coefficient (Wildman–Crippen LogP) is 13.8. The van der Waals surface area contributed by atoms with Crippen LogP contribution in [0.4, 0.5) is 0 Å². The minimum Gasteiger partial charge on any atom is -0.452 e. The van der Waals surface area contributed by atoms with Crippen molar-refractivity contribution in [2.45, 2.75) is 0 Å². The Bertz CT molecular complexity index is 3510. The molecular weight excluding hydrogens is 709 g/mol. The Kier molecular flexibility index (Phi) is 7.16. The van der Waals surface area contributed by atoms with Crippen molar-refractivity contribution in [1.82, 2.24) is 19.5 Å². The molecule has 5 nitrogen and oxygen atoms in total. The molecular formula is C53H32N4O. The van der Waals surface area contributed by atoms with E-state index in [9.17, 15) is 0 Å². The second-order valence-corrected chi connectivity index (χ2v) is 14.7. The molecule has 0 saturated carbocycles. The van der Waals surface area contributed by atoms with Gasteiger partial charge in [0.15, 0.2) is 17.0 Å². The molecule has 4 heterocycles. The van der Waals surface area contributed by atoms with Crippen LogP contribution in [0.3, 0.4) is 0 Å². The molecule has 0 aliphatic carbocycles. The number of nitrogens with zero attached hydrogens (tertiary/aromatic N) is 4. The number of hydrogen-bond donors (Lipinski definition) is 0. The van der Waals surface area contributed by atoms with Crippen LogP contribution in [-0.4, -0.2) is 19.5 Å². The Morgan fingerprint density at radius 1 is 0.431 bits per heavy atom. The molecule has 0 saturated heterocycles. The van der Waals surface area contributed by atoms with Gasteiger partial charge in [-0.05, 0) is 69.1 Å². The molecule has 0 spiro atoms. The maximum atomic E-state index is 6.87. The standard InChI is InChI=1S/C53H32N4O/c1-3-14-34(15-4-1)44-31-45(35-16-5-2-6-17-35)56-53(55-44)41-25-24-39(37-19-9-10-20-38(37)41)40-26-28-48(52-51(40)43-29-30-54-32-49(43)58-52)57-46-22-12-11-21-42(46)50-36-18-8-7-13-33(36)23-27-47(50)57/h1-32H. The summed E-state index contributed by atoms with van der Waals surface area (Å²) in [5.41, 5.74) is 11.8. The van der Waals surface area contributed by atoms with Gasteiger partial charge in [-0.25, -0.2) is 9.97 Å². The van der Waals surface area contributed by atoms with Gasteiger partial charge in [0.05, 0.1) is 34.3 Å². The van der Waals surface area contributed by atoms with Gasteiger partial charge in [-0.3, -0.25) is 4.98 Å². The largest absolute Gasteiger partial charge is 0.452 e. The molecule has 12 aromatic rings. The van der Waals surface area contributed by atoms with Crippen molar-refractivity contribution >= 4 is 65.3 Å². The van der Waals surface area contributed by atoms with Gasteiger partial charge in [0, 0.05) is 44.4 Å². The van der Waals surface area contributed by atoms with Crippen molar-refractivity contribution in [3.63, 3.8) is 0 Å². The molecule has 0 aliphatic rings. The first-order valence-corrected chi connectivity index (χ1v) is 19.5. The lowest BCUT2D eigenvalue weighted by molar-refractivity contribution is 0.664. The molecule has 8 aromatic carbocycles. The molecule has 5 heteroatoms. The zero-order valence-electron chi connectivity index (χ0n) is 31.2. The lowest BCUT2D eigenvalue weighted by atomic mass is 9.92. The van der Waals surface area contributed by atoms with Crippen LogP contribution in [0, 0.1) is 0 Å². The molecule has 0 N–H and O–H groups in total. The van der Waals surface area contributed by atoms with E-state index in [-0.39, 0.29) is 0 Å². The molecule has 0 unspecified atom stereocenters. The van der Waals surface area contributed by atoms with E-state index in [1.165, 1.54) is 21.5 Å². The number of aromatic nitrogens is 4. The van der Waals surface area contributed by atoms with Gasteiger partial charge in [-0.1, -0.05) is 146 Å². The van der Waals surface area contributed by atoms with Crippen LogP contribution in [0.15, 0.2) is 199 Å². The molecule has 0 aliphatic heterocycles. The Morgan fingerprint density at radius 3 is 1.81 bits per heavy atom. The number of fused-ring (bicyclic) bond motifs is 9. The fourth-order valence-electron chi connectivity index (χ4n) is 8.93. The topological polar surface area (TPSA) is 56.7 Å². The van der Waals surface area contributed by atoms with Gasteiger partial charge in [0.1, 0.15) is 0 Å². The van der Waals surface area contributed by atoms with Gasteiger partial charge in [-0.2, -0.15) is 0 Å². The van der Waals surface area contributed by atoms with E-state index >= 15 is 0 Å². The summed E-state index contributed by atoms with van der Waals surface area (Å²) in [6.07, 6.45) is 3.67. The summed E-state index contributed by atoms with van der Waals surface area (Å²) in [7, 11) is 0. The van der Waals surface area contributed by atoms with Crippen molar-refractivity contribution in [3.8, 4) is 50.7 Å². The Morgan fingerprint density at radius 2 is 1.05 bits per heavy atom. The summed E-state index contributed by atoms with van der Waals surface area (Å²) in [4.78, 5) is 14.9. The van der Waals surface area contributed by atoms with E-state index in [0.717, 1.165) is 88.6 Å². The monoisotopic (exact) mass is 740 g/mol. The van der Waals surface area contributed by atoms with Crippen LogP contribution in [0.1, 0.15) is 0 Å². The number of hydrogen-bond acceptors (Lipinski definition) is 4. The van der Waals surface area contributed by atoms with Gasteiger partial charge in [0.2, 0.25) is 0 Å². The lowest BCUT2D eigenvalue weighted by Gasteiger charge is -2.15.